The van der Waals surface area contributed by atoms with E-state index in [2.05, 4.69) is 5.43 Å². The van der Waals surface area contributed by atoms with E-state index in [9.17, 15) is 4.39 Å². The van der Waals surface area contributed by atoms with E-state index in [4.69, 9.17) is 10.3 Å². The van der Waals surface area contributed by atoms with Crippen molar-refractivity contribution in [3.05, 3.63) is 71.7 Å². The van der Waals surface area contributed by atoms with Crippen LogP contribution in [0.3, 0.4) is 0 Å². The second-order valence-corrected chi connectivity index (χ2v) is 4.31. The van der Waals surface area contributed by atoms with Crippen LogP contribution in [0.15, 0.2) is 59.2 Å². The van der Waals surface area contributed by atoms with E-state index in [0.29, 0.717) is 5.56 Å². The van der Waals surface area contributed by atoms with Crippen LogP contribution in [0, 0.1) is 5.82 Å². The Morgan fingerprint density at radius 3 is 2.53 bits per heavy atom. The van der Waals surface area contributed by atoms with Gasteiger partial charge in [-0.3, -0.25) is 5.84 Å². The number of nitrogens with one attached hydrogen (secondary N) is 1. The summed E-state index contributed by atoms with van der Waals surface area (Å²) in [6, 6.07) is 13.7. The number of nitrogens with two attached hydrogens (primary N) is 1. The van der Waals surface area contributed by atoms with Gasteiger partial charge in [0.25, 0.3) is 0 Å². The van der Waals surface area contributed by atoms with Gasteiger partial charge >= 0.3 is 0 Å². The lowest BCUT2D eigenvalue weighted by molar-refractivity contribution is 0.550. The van der Waals surface area contributed by atoms with Gasteiger partial charge in [-0.2, -0.15) is 0 Å². The molecule has 0 saturated carbocycles. The molecule has 3 aromatic rings. The molecule has 3 nitrogen and oxygen atoms in total. The molecule has 0 bridgehead atoms. The molecule has 0 spiro atoms. The van der Waals surface area contributed by atoms with Crippen LogP contribution in [0.4, 0.5) is 4.39 Å². The van der Waals surface area contributed by atoms with Crippen LogP contribution in [0.1, 0.15) is 17.2 Å². The molecule has 0 saturated heterocycles. The summed E-state index contributed by atoms with van der Waals surface area (Å²) < 4.78 is 19.4. The molecule has 1 unspecified atom stereocenters. The van der Waals surface area contributed by atoms with Crippen molar-refractivity contribution in [2.75, 3.05) is 0 Å². The average Bonchev–Trinajstić information content (AvgIpc) is 2.86. The van der Waals surface area contributed by atoms with Gasteiger partial charge in [-0.25, -0.2) is 9.82 Å². The van der Waals surface area contributed by atoms with Crippen LogP contribution in [-0.4, -0.2) is 0 Å². The maximum atomic E-state index is 13.9. The van der Waals surface area contributed by atoms with Gasteiger partial charge in [0.15, 0.2) is 0 Å². The van der Waals surface area contributed by atoms with Gasteiger partial charge in [-0.15, -0.1) is 0 Å². The van der Waals surface area contributed by atoms with E-state index in [0.717, 1.165) is 16.5 Å². The van der Waals surface area contributed by atoms with Crippen molar-refractivity contribution in [1.82, 2.24) is 5.43 Å². The highest BCUT2D eigenvalue weighted by atomic mass is 19.1. The van der Waals surface area contributed by atoms with Crippen LogP contribution < -0.4 is 11.3 Å². The maximum Gasteiger partial charge on any atom is 0.134 e. The van der Waals surface area contributed by atoms with Crippen molar-refractivity contribution in [1.29, 1.82) is 0 Å². The number of rotatable bonds is 3. The van der Waals surface area contributed by atoms with Gasteiger partial charge in [0.05, 0.1) is 12.3 Å². The zero-order valence-electron chi connectivity index (χ0n) is 10.1. The van der Waals surface area contributed by atoms with Crippen molar-refractivity contribution >= 4 is 11.0 Å². The molecule has 96 valence electrons. The number of furan rings is 1. The van der Waals surface area contributed by atoms with Crippen LogP contribution in [0.2, 0.25) is 0 Å². The Balaban J connectivity index is 2.15. The zero-order chi connectivity index (χ0) is 13.2. The van der Waals surface area contributed by atoms with Gasteiger partial charge < -0.3 is 4.42 Å². The molecular formula is C15H13FN2O. The van der Waals surface area contributed by atoms with E-state index in [-0.39, 0.29) is 5.82 Å². The molecule has 1 aromatic heterocycles. The first kappa shape index (κ1) is 11.9. The Bertz CT molecular complexity index is 708. The first-order chi connectivity index (χ1) is 9.31. The predicted octanol–water partition coefficient (Wildman–Crippen LogP) is 3.12. The highest BCUT2D eigenvalue weighted by molar-refractivity contribution is 5.81. The molecule has 0 amide bonds. The topological polar surface area (TPSA) is 51.2 Å². The van der Waals surface area contributed by atoms with Gasteiger partial charge in [-0.05, 0) is 12.1 Å². The number of fused-ring (bicyclic) bond motifs is 1. The summed E-state index contributed by atoms with van der Waals surface area (Å²) in [5, 5.41) is 0.925. The largest absolute Gasteiger partial charge is 0.464 e. The second-order valence-electron chi connectivity index (χ2n) is 4.31. The van der Waals surface area contributed by atoms with E-state index < -0.39 is 6.04 Å². The zero-order valence-corrected chi connectivity index (χ0v) is 10.1. The lowest BCUT2D eigenvalue weighted by Gasteiger charge is -2.15. The minimum absolute atomic E-state index is 0.296. The highest BCUT2D eigenvalue weighted by Crippen LogP contribution is 2.31. The summed E-state index contributed by atoms with van der Waals surface area (Å²) in [6.45, 7) is 0. The summed E-state index contributed by atoms with van der Waals surface area (Å²) in [5.41, 5.74) is 4.73. The molecule has 19 heavy (non-hydrogen) atoms. The van der Waals surface area contributed by atoms with Gasteiger partial charge in [0.1, 0.15) is 11.4 Å². The first-order valence-corrected chi connectivity index (χ1v) is 5.98. The van der Waals surface area contributed by atoms with E-state index in [1.54, 1.807) is 24.5 Å². The van der Waals surface area contributed by atoms with Crippen molar-refractivity contribution in [3.63, 3.8) is 0 Å². The average molecular weight is 256 g/mol. The predicted molar refractivity (Wildman–Crippen MR) is 71.8 cm³/mol. The van der Waals surface area contributed by atoms with Crippen LogP contribution in [0.5, 0.6) is 0 Å². The number of benzene rings is 2. The highest BCUT2D eigenvalue weighted by Gasteiger charge is 2.20. The summed E-state index contributed by atoms with van der Waals surface area (Å²) in [5.74, 6) is 5.30. The van der Waals surface area contributed by atoms with E-state index in [1.165, 1.54) is 6.07 Å². The van der Waals surface area contributed by atoms with Gasteiger partial charge in [-0.1, -0.05) is 36.4 Å². The third-order valence-corrected chi connectivity index (χ3v) is 3.20. The number of hydrogen-bond donors (Lipinski definition) is 2. The maximum absolute atomic E-state index is 13.9. The molecule has 0 radical (unpaired) electrons. The molecule has 4 heteroatoms. The molecule has 0 aliphatic carbocycles. The lowest BCUT2D eigenvalue weighted by atomic mass is 9.98. The van der Waals surface area contributed by atoms with Crippen molar-refractivity contribution < 1.29 is 8.81 Å². The van der Waals surface area contributed by atoms with E-state index >= 15 is 0 Å². The molecule has 0 aliphatic rings. The Morgan fingerprint density at radius 1 is 1.00 bits per heavy atom. The smallest absolute Gasteiger partial charge is 0.134 e. The summed E-state index contributed by atoms with van der Waals surface area (Å²) in [4.78, 5) is 0. The summed E-state index contributed by atoms with van der Waals surface area (Å²) >= 11 is 0. The second kappa shape index (κ2) is 4.84. The van der Waals surface area contributed by atoms with Crippen LogP contribution >= 0.6 is 0 Å². The first-order valence-electron chi connectivity index (χ1n) is 5.98. The summed E-state index contributed by atoms with van der Waals surface area (Å²) in [7, 11) is 0. The number of hydrazine groups is 1. The van der Waals surface area contributed by atoms with Crippen molar-refractivity contribution in [2.24, 2.45) is 5.84 Å². The third-order valence-electron chi connectivity index (χ3n) is 3.20. The fourth-order valence-electron chi connectivity index (χ4n) is 2.28. The number of halogens is 1. The molecule has 3 rings (SSSR count). The summed E-state index contributed by atoms with van der Waals surface area (Å²) in [6.07, 6.45) is 1.61. The minimum Gasteiger partial charge on any atom is -0.464 e. The normalized spacial score (nSPS) is 12.7. The van der Waals surface area contributed by atoms with Crippen molar-refractivity contribution in [3.8, 4) is 0 Å². The lowest BCUT2D eigenvalue weighted by Crippen LogP contribution is -2.29. The molecule has 2 aromatic carbocycles. The molecule has 0 aliphatic heterocycles. The van der Waals surface area contributed by atoms with Crippen molar-refractivity contribution in [2.45, 2.75) is 6.04 Å². The Kier molecular flexibility index (Phi) is 3.03. The molecular weight excluding hydrogens is 243 g/mol. The Labute approximate surface area is 109 Å². The quantitative estimate of drug-likeness (QED) is 0.559. The molecule has 0 fully saturated rings. The standard InChI is InChI=1S/C15H13FN2O/c16-13-7-3-1-6-11(13)15(18-17)12-9-19-14-8-4-2-5-10(12)14/h1-9,15,18H,17H2. The van der Waals surface area contributed by atoms with Gasteiger partial charge in [0, 0.05) is 16.5 Å². The monoisotopic (exact) mass is 256 g/mol. The fourth-order valence-corrected chi connectivity index (χ4v) is 2.28. The molecule has 3 N–H and O–H groups in total. The van der Waals surface area contributed by atoms with E-state index in [1.807, 2.05) is 24.3 Å². The number of para-hydroxylation sites is 1. The third kappa shape index (κ3) is 2.01. The SMILES string of the molecule is NNC(c1ccccc1F)c1coc2ccccc12. The van der Waals surface area contributed by atoms with Crippen LogP contribution in [0.25, 0.3) is 11.0 Å². The molecule has 1 heterocycles. The number of hydrogen-bond acceptors (Lipinski definition) is 3. The minimum atomic E-state index is -0.440. The van der Waals surface area contributed by atoms with Crippen LogP contribution in [-0.2, 0) is 0 Å². The Hall–Kier alpha value is -2.17. The van der Waals surface area contributed by atoms with Gasteiger partial charge in [0.2, 0.25) is 0 Å². The Morgan fingerprint density at radius 2 is 1.74 bits per heavy atom. The fraction of sp³-hybridized carbons (Fsp3) is 0.0667. The molecule has 1 atom stereocenters.